The molecule has 4 aromatic rings. The van der Waals surface area contributed by atoms with Crippen LogP contribution in [0.15, 0.2) is 73.1 Å². The van der Waals surface area contributed by atoms with Crippen molar-refractivity contribution in [3.63, 3.8) is 0 Å². The van der Waals surface area contributed by atoms with E-state index in [0.717, 1.165) is 48.9 Å². The minimum Gasteiger partial charge on any atom is -0.493 e. The molecule has 38 heavy (non-hydrogen) atoms. The molecule has 0 radical (unpaired) electrons. The Morgan fingerprint density at radius 1 is 0.500 bits per heavy atom. The lowest BCUT2D eigenvalue weighted by Crippen LogP contribution is -2.04. The first-order valence-electron chi connectivity index (χ1n) is 13.3. The number of methoxy groups -OCH3 is 4. The number of aryl methyl sites for hydroxylation is 2. The van der Waals surface area contributed by atoms with Crippen molar-refractivity contribution in [3.05, 3.63) is 95.6 Å². The lowest BCUT2D eigenvalue weighted by Gasteiger charge is -2.13. The molecule has 0 saturated heterocycles. The molecule has 6 heteroatoms. The summed E-state index contributed by atoms with van der Waals surface area (Å²) in [6.07, 6.45) is 10.9. The highest BCUT2D eigenvalue weighted by molar-refractivity contribution is 5.44. The molecule has 2 heterocycles. The summed E-state index contributed by atoms with van der Waals surface area (Å²) in [5, 5.41) is 0. The lowest BCUT2D eigenvalue weighted by atomic mass is 10.1. The number of unbranched alkanes of at least 4 members (excludes halogenated alkanes) is 3. The van der Waals surface area contributed by atoms with Gasteiger partial charge in [0.15, 0.2) is 23.0 Å². The zero-order chi connectivity index (χ0) is 26.7. The molecule has 0 aliphatic heterocycles. The Morgan fingerprint density at radius 3 is 1.32 bits per heavy atom. The first-order valence-corrected chi connectivity index (χ1v) is 13.3. The van der Waals surface area contributed by atoms with Crippen LogP contribution in [0, 0.1) is 0 Å². The Hall–Kier alpha value is -3.80. The molecule has 4 rings (SSSR count). The molecule has 202 valence electrons. The van der Waals surface area contributed by atoms with Gasteiger partial charge in [-0.1, -0.05) is 25.0 Å². The first-order chi connectivity index (χ1) is 18.6. The number of benzene rings is 2. The van der Waals surface area contributed by atoms with Crippen LogP contribution in [0.2, 0.25) is 0 Å². The smallest absolute Gasteiger partial charge is 0.160 e. The molecule has 0 atom stereocenters. The third kappa shape index (κ3) is 6.94. The quantitative estimate of drug-likeness (QED) is 0.164. The normalized spacial score (nSPS) is 10.9. The average molecular weight is 517 g/mol. The summed E-state index contributed by atoms with van der Waals surface area (Å²) in [6.45, 7) is 2.09. The van der Waals surface area contributed by atoms with Gasteiger partial charge in [-0.3, -0.25) is 0 Å². The van der Waals surface area contributed by atoms with Crippen LogP contribution in [0.5, 0.6) is 23.0 Å². The first kappa shape index (κ1) is 27.2. The minimum atomic E-state index is 0.764. The van der Waals surface area contributed by atoms with Gasteiger partial charge in [-0.2, -0.15) is 0 Å². The van der Waals surface area contributed by atoms with Gasteiger partial charge in [0.1, 0.15) is 0 Å². The number of ether oxygens (including phenoxy) is 4. The second kappa shape index (κ2) is 13.7. The van der Waals surface area contributed by atoms with Crippen molar-refractivity contribution in [2.75, 3.05) is 28.4 Å². The molecule has 2 aromatic heterocycles. The summed E-state index contributed by atoms with van der Waals surface area (Å²) < 4.78 is 26.4. The molecule has 2 aromatic carbocycles. The van der Waals surface area contributed by atoms with Crippen molar-refractivity contribution >= 4 is 0 Å². The van der Waals surface area contributed by atoms with Crippen molar-refractivity contribution < 1.29 is 18.9 Å². The predicted molar refractivity (Wildman–Crippen MR) is 152 cm³/mol. The number of rotatable bonds is 15. The SMILES string of the molecule is COc1ccc(Cc2cccn2CCCCCCn2cccc2Cc2ccc(OC)c(OC)c2)cc1OC. The number of hydrogen-bond donors (Lipinski definition) is 0. The summed E-state index contributed by atoms with van der Waals surface area (Å²) in [5.41, 5.74) is 5.09. The standard InChI is InChI=1S/C32H40N2O4/c1-35-29-15-13-25(23-31(29)37-3)21-27-11-9-19-33(27)17-7-5-6-8-18-34-20-10-12-28(34)22-26-14-16-30(36-2)32(24-26)38-4/h9-16,19-20,23-24H,5-8,17-18,21-22H2,1-4H3. The monoisotopic (exact) mass is 516 g/mol. The molecule has 0 spiro atoms. The highest BCUT2D eigenvalue weighted by Gasteiger charge is 2.09. The summed E-state index contributed by atoms with van der Waals surface area (Å²) in [4.78, 5) is 0. The van der Waals surface area contributed by atoms with Gasteiger partial charge >= 0.3 is 0 Å². The van der Waals surface area contributed by atoms with Crippen LogP contribution in [0.1, 0.15) is 48.2 Å². The van der Waals surface area contributed by atoms with E-state index in [-0.39, 0.29) is 0 Å². The maximum atomic E-state index is 5.47. The molecule has 0 unspecified atom stereocenters. The third-order valence-electron chi connectivity index (χ3n) is 7.06. The van der Waals surface area contributed by atoms with Crippen LogP contribution in [0.3, 0.4) is 0 Å². The van der Waals surface area contributed by atoms with Gasteiger partial charge < -0.3 is 28.1 Å². The zero-order valence-corrected chi connectivity index (χ0v) is 23.1. The van der Waals surface area contributed by atoms with E-state index in [0.29, 0.717) is 0 Å². The highest BCUT2D eigenvalue weighted by atomic mass is 16.5. The molecule has 0 aliphatic rings. The molecule has 0 fully saturated rings. The largest absolute Gasteiger partial charge is 0.493 e. The van der Waals surface area contributed by atoms with Gasteiger partial charge in [-0.25, -0.2) is 0 Å². The van der Waals surface area contributed by atoms with E-state index in [9.17, 15) is 0 Å². The van der Waals surface area contributed by atoms with Gasteiger partial charge in [0.25, 0.3) is 0 Å². The fourth-order valence-corrected chi connectivity index (χ4v) is 4.97. The Balaban J connectivity index is 1.22. The Morgan fingerprint density at radius 2 is 0.921 bits per heavy atom. The van der Waals surface area contributed by atoms with Gasteiger partial charge in [0, 0.05) is 49.7 Å². The molecule has 0 N–H and O–H groups in total. The third-order valence-corrected chi connectivity index (χ3v) is 7.06. The van der Waals surface area contributed by atoms with E-state index < -0.39 is 0 Å². The second-order valence-electron chi connectivity index (χ2n) is 9.53. The summed E-state index contributed by atoms with van der Waals surface area (Å²) >= 11 is 0. The second-order valence-corrected chi connectivity index (χ2v) is 9.53. The fourth-order valence-electron chi connectivity index (χ4n) is 4.97. The lowest BCUT2D eigenvalue weighted by molar-refractivity contribution is 0.354. The van der Waals surface area contributed by atoms with Crippen LogP contribution in [0.25, 0.3) is 0 Å². The number of nitrogens with zero attached hydrogens (tertiary/aromatic N) is 2. The topological polar surface area (TPSA) is 46.8 Å². The summed E-state index contributed by atoms with van der Waals surface area (Å²) in [5.74, 6) is 3.08. The van der Waals surface area contributed by atoms with Crippen LogP contribution < -0.4 is 18.9 Å². The Kier molecular flexibility index (Phi) is 9.79. The Labute approximate surface area is 226 Å². The van der Waals surface area contributed by atoms with Gasteiger partial charge in [-0.05, 0) is 72.5 Å². The van der Waals surface area contributed by atoms with Crippen LogP contribution in [0.4, 0.5) is 0 Å². The number of hydrogen-bond acceptors (Lipinski definition) is 4. The van der Waals surface area contributed by atoms with E-state index in [2.05, 4.69) is 70.1 Å². The van der Waals surface area contributed by atoms with Crippen molar-refractivity contribution in [1.29, 1.82) is 0 Å². The van der Waals surface area contributed by atoms with Gasteiger partial charge in [0.05, 0.1) is 28.4 Å². The van der Waals surface area contributed by atoms with E-state index >= 15 is 0 Å². The number of aromatic nitrogens is 2. The van der Waals surface area contributed by atoms with E-state index in [1.807, 2.05) is 12.1 Å². The highest BCUT2D eigenvalue weighted by Crippen LogP contribution is 2.29. The van der Waals surface area contributed by atoms with Gasteiger partial charge in [0.2, 0.25) is 0 Å². The predicted octanol–water partition coefficient (Wildman–Crippen LogP) is 6.77. The average Bonchev–Trinajstić information content (AvgIpc) is 3.59. The maximum absolute atomic E-state index is 5.47. The zero-order valence-electron chi connectivity index (χ0n) is 23.1. The molecular formula is C32H40N2O4. The molecule has 0 saturated carbocycles. The Bertz CT molecular complexity index is 1190. The van der Waals surface area contributed by atoms with Crippen molar-refractivity contribution in [1.82, 2.24) is 9.13 Å². The van der Waals surface area contributed by atoms with Crippen LogP contribution in [-0.4, -0.2) is 37.6 Å². The molecular weight excluding hydrogens is 476 g/mol. The maximum Gasteiger partial charge on any atom is 0.160 e. The summed E-state index contributed by atoms with van der Waals surface area (Å²) in [7, 11) is 6.69. The van der Waals surface area contributed by atoms with Crippen molar-refractivity contribution in [2.45, 2.75) is 51.6 Å². The summed E-state index contributed by atoms with van der Waals surface area (Å²) in [6, 6.07) is 21.0. The molecule has 0 aliphatic carbocycles. The van der Waals surface area contributed by atoms with E-state index in [1.54, 1.807) is 28.4 Å². The van der Waals surface area contributed by atoms with Gasteiger partial charge in [-0.15, -0.1) is 0 Å². The molecule has 0 amide bonds. The van der Waals surface area contributed by atoms with E-state index in [1.165, 1.54) is 48.2 Å². The van der Waals surface area contributed by atoms with Crippen molar-refractivity contribution in [3.8, 4) is 23.0 Å². The fraction of sp³-hybridized carbons (Fsp3) is 0.375. The van der Waals surface area contributed by atoms with Crippen molar-refractivity contribution in [2.24, 2.45) is 0 Å². The van der Waals surface area contributed by atoms with E-state index in [4.69, 9.17) is 18.9 Å². The molecule has 0 bridgehead atoms. The van der Waals surface area contributed by atoms with Crippen LogP contribution in [-0.2, 0) is 25.9 Å². The van der Waals surface area contributed by atoms with Crippen LogP contribution >= 0.6 is 0 Å². The molecule has 6 nitrogen and oxygen atoms in total. The minimum absolute atomic E-state index is 0.764.